The molecule has 0 amide bonds. The zero-order valence-electron chi connectivity index (χ0n) is 28.7. The van der Waals surface area contributed by atoms with Crippen molar-refractivity contribution in [3.8, 4) is 0 Å². The smallest absolute Gasteiger partial charge is 0.133 e. The molecule has 0 aromatic rings. The van der Waals surface area contributed by atoms with Gasteiger partial charge in [-0.2, -0.15) is 0 Å². The first kappa shape index (κ1) is 42.7. The highest BCUT2D eigenvalue weighted by Crippen LogP contribution is 2.36. The summed E-state index contributed by atoms with van der Waals surface area (Å²) in [5, 5.41) is 7.00. The van der Waals surface area contributed by atoms with Crippen LogP contribution in [0.25, 0.3) is 0 Å². The van der Waals surface area contributed by atoms with Crippen LogP contribution in [0.3, 0.4) is 0 Å². The lowest BCUT2D eigenvalue weighted by molar-refractivity contribution is -0.121. The number of hydrogen-bond donors (Lipinski definition) is 1. The third-order valence-electron chi connectivity index (χ3n) is 4.64. The highest BCUT2D eigenvalue weighted by Gasteiger charge is 2.27. The molecule has 224 valence electrons. The molecule has 0 saturated carbocycles. The summed E-state index contributed by atoms with van der Waals surface area (Å²) < 4.78 is 7.34. The third-order valence-corrected chi connectivity index (χ3v) is 4.64. The average Bonchev–Trinajstić information content (AvgIpc) is 2.71. The monoisotopic (exact) mass is 531 g/mol. The minimum Gasteiger partial charge on any atom is -0.400 e. The maximum atomic E-state index is 11.3. The Morgan fingerprint density at radius 1 is 0.649 bits per heavy atom. The molecule has 5 heteroatoms. The van der Waals surface area contributed by atoms with Gasteiger partial charge in [-0.3, -0.25) is 14.4 Å². The summed E-state index contributed by atoms with van der Waals surface area (Å²) in [7, 11) is 1.00. The normalized spacial score (nSPS) is 11.4. The van der Waals surface area contributed by atoms with Crippen molar-refractivity contribution in [2.75, 3.05) is 7.11 Å². The van der Waals surface area contributed by atoms with Crippen molar-refractivity contribution in [3.05, 3.63) is 0 Å². The zero-order chi connectivity index (χ0) is 32.0. The van der Waals surface area contributed by atoms with Gasteiger partial charge in [0.2, 0.25) is 0 Å². The predicted molar refractivity (Wildman–Crippen MR) is 161 cm³/mol. The molecule has 0 saturated heterocycles. The van der Waals surface area contributed by atoms with Gasteiger partial charge in [0, 0.05) is 53.4 Å². The molecule has 0 spiro atoms. The van der Waals surface area contributed by atoms with E-state index in [1.165, 1.54) is 0 Å². The van der Waals surface area contributed by atoms with Crippen molar-refractivity contribution in [1.82, 2.24) is 0 Å². The second-order valence-corrected chi connectivity index (χ2v) is 12.9. The Morgan fingerprint density at radius 2 is 0.973 bits per heavy atom. The molecule has 1 N–H and O–H groups in total. The van der Waals surface area contributed by atoms with Crippen molar-refractivity contribution >= 4 is 23.1 Å². The van der Waals surface area contributed by atoms with E-state index in [-0.39, 0.29) is 22.4 Å². The Bertz CT molecular complexity index is 602. The van der Waals surface area contributed by atoms with Crippen LogP contribution in [0.2, 0.25) is 0 Å². The predicted octanol–water partition coefficient (Wildman–Crippen LogP) is 8.83. The second-order valence-electron chi connectivity index (χ2n) is 12.9. The SMILES string of the molecule is CCC(=O)CC(C)(C)C.CCC(=O)CC(C)(C)CC(C)(C)C.CCC(C)=O.CO.[2H]C(C)(C)CC(=O)CC. The molecular formula is C32H66O5. The van der Waals surface area contributed by atoms with Crippen LogP contribution in [0.5, 0.6) is 0 Å². The molecule has 0 unspecified atom stereocenters. The molecule has 0 aliphatic heterocycles. The van der Waals surface area contributed by atoms with Gasteiger partial charge in [0.15, 0.2) is 0 Å². The molecule has 0 aliphatic rings. The van der Waals surface area contributed by atoms with Crippen LogP contribution in [0, 0.1) is 22.1 Å². The van der Waals surface area contributed by atoms with Gasteiger partial charge in [-0.1, -0.05) is 96.9 Å². The minimum absolute atomic E-state index is 0.158. The van der Waals surface area contributed by atoms with Crippen LogP contribution >= 0.6 is 0 Å². The van der Waals surface area contributed by atoms with Crippen LogP contribution in [0.4, 0.5) is 0 Å². The van der Waals surface area contributed by atoms with Gasteiger partial charge in [0.1, 0.15) is 23.1 Å². The average molecular weight is 532 g/mol. The third kappa shape index (κ3) is 52.0. The Morgan fingerprint density at radius 3 is 1.14 bits per heavy atom. The van der Waals surface area contributed by atoms with E-state index < -0.39 is 5.89 Å². The van der Waals surface area contributed by atoms with Crippen molar-refractivity contribution < 1.29 is 25.7 Å². The van der Waals surface area contributed by atoms with Gasteiger partial charge in [-0.15, -0.1) is 0 Å². The van der Waals surface area contributed by atoms with Gasteiger partial charge >= 0.3 is 0 Å². The highest BCUT2D eigenvalue weighted by molar-refractivity contribution is 5.79. The fourth-order valence-corrected chi connectivity index (χ4v) is 3.39. The van der Waals surface area contributed by atoms with Gasteiger partial charge in [-0.25, -0.2) is 0 Å². The van der Waals surface area contributed by atoms with Gasteiger partial charge in [0.25, 0.3) is 0 Å². The van der Waals surface area contributed by atoms with E-state index in [1.54, 1.807) is 20.8 Å². The summed E-state index contributed by atoms with van der Waals surface area (Å²) in [5.74, 6) is 0.601. The molecule has 37 heavy (non-hydrogen) atoms. The van der Waals surface area contributed by atoms with Gasteiger partial charge in [0.05, 0.1) is 0 Å². The van der Waals surface area contributed by atoms with E-state index in [2.05, 4.69) is 55.4 Å². The lowest BCUT2D eigenvalue weighted by Crippen LogP contribution is -2.23. The first-order chi connectivity index (χ1) is 16.8. The number of ketones is 4. The minimum atomic E-state index is -0.576. The molecule has 0 fully saturated rings. The standard InChI is InChI=1S/C12H24O.C8H16O.C7H14O.C4H8O.CH4O/c1-7-10(13)8-12(5,6)9-11(2,3)4;1-5-7(9)6-8(2,3)4;1-4-7(8)5-6(2)3;1-3-4(2)5;1-2/h7-9H2,1-6H3;5-6H2,1-4H3;6H,4-5H2,1-3H3;3H2,1-2H3;2H,1H3/i;;6D;;. The van der Waals surface area contributed by atoms with E-state index >= 15 is 0 Å². The lowest BCUT2D eigenvalue weighted by atomic mass is 9.73. The number of carbonyl (C=O) groups excluding carboxylic acids is 4. The van der Waals surface area contributed by atoms with Gasteiger partial charge in [-0.05, 0) is 35.5 Å². The topological polar surface area (TPSA) is 88.5 Å². The molecule has 0 heterocycles. The number of hydrogen-bond acceptors (Lipinski definition) is 5. The molecule has 0 bridgehead atoms. The van der Waals surface area contributed by atoms with Crippen molar-refractivity contribution in [1.29, 1.82) is 0 Å². The van der Waals surface area contributed by atoms with Crippen LogP contribution in [0.15, 0.2) is 0 Å². The quantitative estimate of drug-likeness (QED) is 0.304. The number of aliphatic hydroxyl groups excluding tert-OH is 1. The van der Waals surface area contributed by atoms with E-state index in [9.17, 15) is 19.2 Å². The Labute approximate surface area is 233 Å². The van der Waals surface area contributed by atoms with Crippen molar-refractivity contribution in [2.24, 2.45) is 22.1 Å². The summed E-state index contributed by atoms with van der Waals surface area (Å²) in [6.07, 6.45) is 5.49. The second kappa shape index (κ2) is 24.9. The molecule has 0 aromatic heterocycles. The Hall–Kier alpha value is -1.36. The zero-order valence-corrected chi connectivity index (χ0v) is 27.7. The van der Waals surface area contributed by atoms with E-state index in [4.69, 9.17) is 6.48 Å². The summed E-state index contributed by atoms with van der Waals surface area (Å²) in [4.78, 5) is 42.7. The Kier molecular flexibility index (Phi) is 28.8. The molecule has 0 aliphatic carbocycles. The van der Waals surface area contributed by atoms with Gasteiger partial charge < -0.3 is 9.90 Å². The maximum absolute atomic E-state index is 11.3. The number of aliphatic hydroxyl groups is 1. The van der Waals surface area contributed by atoms with E-state index in [1.807, 2.05) is 27.7 Å². The molecule has 0 radical (unpaired) electrons. The number of carbonyl (C=O) groups is 4. The van der Waals surface area contributed by atoms with Crippen LogP contribution < -0.4 is 0 Å². The number of rotatable bonds is 10. The largest absolute Gasteiger partial charge is 0.400 e. The molecule has 0 atom stereocenters. The molecular weight excluding hydrogens is 464 g/mol. The van der Waals surface area contributed by atoms with Crippen molar-refractivity contribution in [3.63, 3.8) is 0 Å². The van der Waals surface area contributed by atoms with Crippen LogP contribution in [-0.4, -0.2) is 35.3 Å². The van der Waals surface area contributed by atoms with Crippen LogP contribution in [0.1, 0.15) is 157 Å². The summed E-state index contributed by atoms with van der Waals surface area (Å²) >= 11 is 0. The summed E-state index contributed by atoms with van der Waals surface area (Å²) in [6.45, 7) is 29.9. The lowest BCUT2D eigenvalue weighted by Gasteiger charge is -2.31. The fourth-order valence-electron chi connectivity index (χ4n) is 3.39. The Balaban J connectivity index is -0.000000130. The number of Topliss-reactive ketones (excluding diaryl/α,β-unsaturated/α-hetero) is 4. The summed E-state index contributed by atoms with van der Waals surface area (Å²) in [6, 6.07) is 0. The summed E-state index contributed by atoms with van der Waals surface area (Å²) in [5.41, 5.74) is 0.649. The van der Waals surface area contributed by atoms with Crippen molar-refractivity contribution in [2.45, 2.75) is 155 Å². The fraction of sp³-hybridized carbons (Fsp3) is 0.875. The molecule has 5 nitrogen and oxygen atoms in total. The highest BCUT2D eigenvalue weighted by atomic mass is 16.2. The van der Waals surface area contributed by atoms with E-state index in [0.29, 0.717) is 55.5 Å². The van der Waals surface area contributed by atoms with E-state index in [0.717, 1.165) is 20.0 Å². The molecule has 0 rings (SSSR count). The molecule has 0 aromatic carbocycles. The van der Waals surface area contributed by atoms with Crippen LogP contribution in [-0.2, 0) is 19.2 Å². The maximum Gasteiger partial charge on any atom is 0.133 e. The first-order valence-corrected chi connectivity index (χ1v) is 13.8. The first-order valence-electron chi connectivity index (χ1n) is 14.3.